The van der Waals surface area contributed by atoms with Crippen molar-refractivity contribution in [3.05, 3.63) is 41.5 Å². The second-order valence-electron chi connectivity index (χ2n) is 4.94. The maximum Gasteiger partial charge on any atom is 0.275 e. The molecule has 2 heterocycles. The number of aromatic nitrogens is 4. The lowest BCUT2D eigenvalue weighted by Crippen LogP contribution is -2.28. The van der Waals surface area contributed by atoms with Gasteiger partial charge in [-0.3, -0.25) is 4.79 Å². The van der Waals surface area contributed by atoms with E-state index >= 15 is 0 Å². The molecule has 0 aliphatic carbocycles. The third-order valence-corrected chi connectivity index (χ3v) is 4.08. The van der Waals surface area contributed by atoms with Crippen LogP contribution in [0, 0.1) is 6.92 Å². The van der Waals surface area contributed by atoms with Gasteiger partial charge in [0.1, 0.15) is 5.82 Å². The first kappa shape index (κ1) is 13.7. The number of carbonyl (C=O) groups excluding carboxylic acids is 1. The summed E-state index contributed by atoms with van der Waals surface area (Å²) in [6.07, 6.45) is 0. The Bertz CT molecular complexity index is 807. The molecule has 1 amide bonds. The molecule has 0 aliphatic heterocycles. The van der Waals surface area contributed by atoms with E-state index in [9.17, 15) is 4.79 Å². The highest BCUT2D eigenvalue weighted by Gasteiger charge is 2.19. The van der Waals surface area contributed by atoms with Gasteiger partial charge in [-0.25, -0.2) is 4.98 Å². The molecule has 21 heavy (non-hydrogen) atoms. The zero-order valence-electron chi connectivity index (χ0n) is 12.1. The topological polar surface area (TPSA) is 63.9 Å². The van der Waals surface area contributed by atoms with Crippen LogP contribution in [0.15, 0.2) is 24.3 Å². The summed E-state index contributed by atoms with van der Waals surface area (Å²) in [6.45, 7) is 2.22. The van der Waals surface area contributed by atoms with Gasteiger partial charge in [-0.05, 0) is 19.1 Å². The second-order valence-corrected chi connectivity index (χ2v) is 5.46. The van der Waals surface area contributed by atoms with Crippen LogP contribution in [0.1, 0.15) is 22.0 Å². The highest BCUT2D eigenvalue weighted by atomic mass is 32.1. The summed E-state index contributed by atoms with van der Waals surface area (Å²) in [4.78, 5) is 18.5. The Hall–Kier alpha value is -2.28. The number of benzene rings is 1. The van der Waals surface area contributed by atoms with Crippen LogP contribution in [-0.4, -0.2) is 36.2 Å². The van der Waals surface area contributed by atoms with Crippen LogP contribution in [0.25, 0.3) is 11.0 Å². The summed E-state index contributed by atoms with van der Waals surface area (Å²) in [5.74, 6) is 0.709. The summed E-state index contributed by atoms with van der Waals surface area (Å²) in [6, 6.07) is 7.92. The number of nitrogens with zero attached hydrogens (tertiary/aromatic N) is 5. The quantitative estimate of drug-likeness (QED) is 0.742. The van der Waals surface area contributed by atoms with Crippen molar-refractivity contribution in [3.8, 4) is 0 Å². The smallest absolute Gasteiger partial charge is 0.275 e. The molecule has 3 rings (SSSR count). The number of imidazole rings is 1. The Balaban J connectivity index is 1.86. The molecule has 108 valence electrons. The Morgan fingerprint density at radius 3 is 2.76 bits per heavy atom. The fourth-order valence-corrected chi connectivity index (χ4v) is 2.77. The van der Waals surface area contributed by atoms with Gasteiger partial charge in [0.25, 0.3) is 5.91 Å². The highest BCUT2D eigenvalue weighted by molar-refractivity contribution is 6.99. The fourth-order valence-electron chi connectivity index (χ4n) is 2.23. The number of carbonyl (C=O) groups is 1. The minimum atomic E-state index is -0.131. The molecular formula is C14H15N5OS. The fraction of sp³-hybridized carbons (Fsp3) is 0.286. The summed E-state index contributed by atoms with van der Waals surface area (Å²) < 4.78 is 10.1. The van der Waals surface area contributed by atoms with E-state index in [4.69, 9.17) is 0 Å². The number of hydrogen-bond acceptors (Lipinski definition) is 5. The van der Waals surface area contributed by atoms with E-state index in [0.29, 0.717) is 17.9 Å². The van der Waals surface area contributed by atoms with Crippen molar-refractivity contribution in [3.63, 3.8) is 0 Å². The van der Waals surface area contributed by atoms with Crippen LogP contribution in [0.4, 0.5) is 0 Å². The maximum atomic E-state index is 12.4. The Kier molecular flexibility index (Phi) is 3.42. The van der Waals surface area contributed by atoms with Crippen molar-refractivity contribution < 1.29 is 4.79 Å². The predicted octanol–water partition coefficient (Wildman–Crippen LogP) is 2.01. The summed E-state index contributed by atoms with van der Waals surface area (Å²) in [5, 5.41) is 0. The van der Waals surface area contributed by atoms with Gasteiger partial charge in [-0.2, -0.15) is 8.75 Å². The van der Waals surface area contributed by atoms with Crippen molar-refractivity contribution in [1.29, 1.82) is 0 Å². The van der Waals surface area contributed by atoms with Gasteiger partial charge in [0.2, 0.25) is 0 Å². The average molecular weight is 301 g/mol. The lowest BCUT2D eigenvalue weighted by Gasteiger charge is -2.15. The molecule has 0 atom stereocenters. The number of fused-ring (bicyclic) bond motifs is 1. The zero-order chi connectivity index (χ0) is 15.0. The molecule has 0 unspecified atom stereocenters. The number of para-hydroxylation sites is 2. The second kappa shape index (κ2) is 5.25. The summed E-state index contributed by atoms with van der Waals surface area (Å²) in [7, 11) is 3.71. The molecule has 7 heteroatoms. The van der Waals surface area contributed by atoms with E-state index in [2.05, 4.69) is 13.7 Å². The molecule has 0 fully saturated rings. The van der Waals surface area contributed by atoms with Crippen LogP contribution in [0.5, 0.6) is 0 Å². The van der Waals surface area contributed by atoms with E-state index in [1.807, 2.05) is 35.9 Å². The first-order chi connectivity index (χ1) is 10.1. The highest BCUT2D eigenvalue weighted by Crippen LogP contribution is 2.16. The zero-order valence-corrected chi connectivity index (χ0v) is 12.9. The molecule has 0 N–H and O–H groups in total. The summed E-state index contributed by atoms with van der Waals surface area (Å²) in [5.41, 5.74) is 3.07. The molecule has 3 aromatic rings. The van der Waals surface area contributed by atoms with Gasteiger partial charge < -0.3 is 9.47 Å². The Morgan fingerprint density at radius 2 is 2.10 bits per heavy atom. The molecule has 0 spiro atoms. The molecule has 2 aromatic heterocycles. The molecular weight excluding hydrogens is 286 g/mol. The molecule has 6 nitrogen and oxygen atoms in total. The normalized spacial score (nSPS) is 11.0. The van der Waals surface area contributed by atoms with Crippen molar-refractivity contribution >= 4 is 28.7 Å². The molecule has 0 saturated heterocycles. The van der Waals surface area contributed by atoms with Crippen LogP contribution >= 0.6 is 11.7 Å². The minimum Gasteiger partial charge on any atom is -0.333 e. The van der Waals surface area contributed by atoms with E-state index in [-0.39, 0.29) is 5.91 Å². The van der Waals surface area contributed by atoms with Gasteiger partial charge in [-0.1, -0.05) is 12.1 Å². The molecule has 0 radical (unpaired) electrons. The van der Waals surface area contributed by atoms with Crippen LogP contribution < -0.4 is 0 Å². The first-order valence-electron chi connectivity index (χ1n) is 6.53. The lowest BCUT2D eigenvalue weighted by molar-refractivity contribution is 0.0775. The van der Waals surface area contributed by atoms with Gasteiger partial charge in [-0.15, -0.1) is 0 Å². The van der Waals surface area contributed by atoms with E-state index in [0.717, 1.165) is 28.6 Å². The van der Waals surface area contributed by atoms with Crippen molar-refractivity contribution in [2.45, 2.75) is 13.5 Å². The maximum absolute atomic E-state index is 12.4. The first-order valence-corrected chi connectivity index (χ1v) is 7.26. The number of aryl methyl sites for hydroxylation is 2. The molecule has 0 bridgehead atoms. The third-order valence-electron chi connectivity index (χ3n) is 3.46. The van der Waals surface area contributed by atoms with Crippen molar-refractivity contribution in [2.75, 3.05) is 7.05 Å². The van der Waals surface area contributed by atoms with E-state index in [1.54, 1.807) is 18.9 Å². The number of hydrogen-bond donors (Lipinski definition) is 0. The van der Waals surface area contributed by atoms with Gasteiger partial charge in [0, 0.05) is 14.1 Å². The van der Waals surface area contributed by atoms with Crippen molar-refractivity contribution in [2.24, 2.45) is 7.05 Å². The largest absolute Gasteiger partial charge is 0.333 e. The predicted molar refractivity (Wildman–Crippen MR) is 81.2 cm³/mol. The van der Waals surface area contributed by atoms with Gasteiger partial charge in [0.15, 0.2) is 5.69 Å². The molecule has 0 aliphatic rings. The number of amides is 1. The molecule has 1 aromatic carbocycles. The lowest BCUT2D eigenvalue weighted by atomic mass is 10.3. The van der Waals surface area contributed by atoms with Crippen molar-refractivity contribution in [1.82, 2.24) is 23.2 Å². The standard InChI is InChI=1S/C14H15N5OS/c1-9-13(17-21-16-9)14(20)18(2)8-12-15-10-6-4-5-7-11(10)19(12)3/h4-7H,8H2,1-3H3. The minimum absolute atomic E-state index is 0.131. The van der Waals surface area contributed by atoms with Crippen LogP contribution in [-0.2, 0) is 13.6 Å². The van der Waals surface area contributed by atoms with Gasteiger partial charge >= 0.3 is 0 Å². The monoisotopic (exact) mass is 301 g/mol. The molecule has 0 saturated carbocycles. The summed E-state index contributed by atoms with van der Waals surface area (Å²) >= 11 is 1.06. The Morgan fingerprint density at radius 1 is 1.33 bits per heavy atom. The Labute approximate surface area is 126 Å². The van der Waals surface area contributed by atoms with E-state index in [1.165, 1.54) is 0 Å². The van der Waals surface area contributed by atoms with Crippen LogP contribution in [0.3, 0.4) is 0 Å². The average Bonchev–Trinajstić information content (AvgIpc) is 3.03. The van der Waals surface area contributed by atoms with E-state index < -0.39 is 0 Å². The van der Waals surface area contributed by atoms with Gasteiger partial charge in [0.05, 0.1) is 35.0 Å². The SMILES string of the molecule is Cc1nsnc1C(=O)N(C)Cc1nc2ccccc2n1C. The number of rotatable bonds is 3. The van der Waals surface area contributed by atoms with Crippen LogP contribution in [0.2, 0.25) is 0 Å². The third kappa shape index (κ3) is 2.40.